The van der Waals surface area contributed by atoms with Crippen molar-refractivity contribution in [3.63, 3.8) is 0 Å². The molecule has 4 rings (SSSR count). The van der Waals surface area contributed by atoms with Crippen molar-refractivity contribution in [2.45, 2.75) is 6.54 Å². The Hall–Kier alpha value is -2.22. The topological polar surface area (TPSA) is 75.6 Å². The van der Waals surface area contributed by atoms with Crippen LogP contribution in [0.2, 0.25) is 10.2 Å². The van der Waals surface area contributed by atoms with Crippen molar-refractivity contribution in [3.05, 3.63) is 45.4 Å². The number of nitrogens with one attached hydrogen (secondary N) is 1. The van der Waals surface area contributed by atoms with Crippen molar-refractivity contribution in [2.24, 2.45) is 0 Å². The molecular weight excluding hydrogens is 375 g/mol. The lowest BCUT2D eigenvalue weighted by atomic mass is 10.3. The molecule has 0 fully saturated rings. The number of aliphatic carboxylic acids is 1. The molecule has 122 valence electrons. The van der Waals surface area contributed by atoms with Crippen molar-refractivity contribution >= 4 is 62.7 Å². The zero-order valence-corrected chi connectivity index (χ0v) is 14.2. The molecule has 3 heterocycles. The van der Waals surface area contributed by atoms with E-state index >= 15 is 0 Å². The molecule has 0 saturated carbocycles. The number of hydrogen-bond donors (Lipinski definition) is 2. The highest BCUT2D eigenvalue weighted by Gasteiger charge is 2.27. The third-order valence-corrected chi connectivity index (χ3v) is 4.82. The maximum atomic E-state index is 11.2. The summed E-state index contributed by atoms with van der Waals surface area (Å²) in [6.07, 6.45) is 1.71. The van der Waals surface area contributed by atoms with Crippen LogP contribution in [0, 0.1) is 0 Å². The van der Waals surface area contributed by atoms with Crippen LogP contribution in [-0.4, -0.2) is 11.1 Å². The molecular formula is C15H9Cl2N2O4S+. The van der Waals surface area contributed by atoms with Gasteiger partial charge in [-0.15, -0.1) is 0 Å². The second-order valence-electron chi connectivity index (χ2n) is 5.02. The number of aromatic nitrogens is 1. The fraction of sp³-hybridized carbons (Fsp3) is 0.0667. The van der Waals surface area contributed by atoms with Gasteiger partial charge < -0.3 is 19.6 Å². The molecule has 0 radical (unpaired) electrons. The SMILES string of the molecule is O=C(O)C[n+]1c(/C=C2/Nc3cc(Cl)ccc3O2)sc2oc(Cl)cc21. The number of thiazole rings is 1. The Kier molecular flexibility index (Phi) is 3.64. The Morgan fingerprint density at radius 1 is 1.38 bits per heavy atom. The van der Waals surface area contributed by atoms with Gasteiger partial charge in [0.1, 0.15) is 0 Å². The molecule has 0 unspecified atom stereocenters. The quantitative estimate of drug-likeness (QED) is 0.669. The van der Waals surface area contributed by atoms with Crippen molar-refractivity contribution in [3.8, 4) is 5.75 Å². The summed E-state index contributed by atoms with van der Waals surface area (Å²) < 4.78 is 12.7. The lowest BCUT2D eigenvalue weighted by molar-refractivity contribution is -0.657. The van der Waals surface area contributed by atoms with Crippen LogP contribution in [0.1, 0.15) is 5.01 Å². The summed E-state index contributed by atoms with van der Waals surface area (Å²) >= 11 is 13.1. The molecule has 3 aromatic rings. The first-order valence-electron chi connectivity index (χ1n) is 6.79. The number of hydrogen-bond acceptors (Lipinski definition) is 5. The van der Waals surface area contributed by atoms with Crippen LogP contribution in [0.25, 0.3) is 16.5 Å². The van der Waals surface area contributed by atoms with E-state index in [1.807, 2.05) is 0 Å². The van der Waals surface area contributed by atoms with E-state index in [0.29, 0.717) is 32.1 Å². The maximum Gasteiger partial charge on any atom is 0.370 e. The standard InChI is InChI=1S/C15H8Cl2N2O4S/c16-7-1-2-10-8(3-7)18-12(22-10)5-13-19(6-14(20)21)9-4-11(17)23-15(9)24-13/h1-5H,6H2,(H,20,21)/p+1. The fourth-order valence-electron chi connectivity index (χ4n) is 2.42. The number of anilines is 1. The van der Waals surface area contributed by atoms with Crippen LogP contribution < -0.4 is 14.6 Å². The predicted octanol–water partition coefficient (Wildman–Crippen LogP) is 3.98. The van der Waals surface area contributed by atoms with Gasteiger partial charge in [-0.2, -0.15) is 4.57 Å². The average molecular weight is 384 g/mol. The Balaban J connectivity index is 1.74. The lowest BCUT2D eigenvalue weighted by Gasteiger charge is -1.96. The minimum atomic E-state index is -0.966. The van der Waals surface area contributed by atoms with E-state index in [9.17, 15) is 4.79 Å². The fourth-order valence-corrected chi connectivity index (χ4v) is 3.85. The summed E-state index contributed by atoms with van der Waals surface area (Å²) in [5.74, 6) is 0.159. The number of halogens is 2. The molecule has 1 aliphatic heterocycles. The van der Waals surface area contributed by atoms with Crippen LogP contribution in [0.5, 0.6) is 5.75 Å². The molecule has 24 heavy (non-hydrogen) atoms. The number of carbonyl (C=O) groups is 1. The van der Waals surface area contributed by atoms with Gasteiger partial charge in [-0.1, -0.05) is 11.6 Å². The monoisotopic (exact) mass is 383 g/mol. The van der Waals surface area contributed by atoms with E-state index in [1.54, 1.807) is 34.9 Å². The van der Waals surface area contributed by atoms with Gasteiger partial charge in [0.2, 0.25) is 17.6 Å². The van der Waals surface area contributed by atoms with Gasteiger partial charge in [0.25, 0.3) is 15.4 Å². The largest absolute Gasteiger partial charge is 0.477 e. The number of rotatable bonds is 3. The van der Waals surface area contributed by atoms with E-state index in [1.165, 1.54) is 11.3 Å². The van der Waals surface area contributed by atoms with Crippen molar-refractivity contribution < 1.29 is 23.6 Å². The van der Waals surface area contributed by atoms with Gasteiger partial charge >= 0.3 is 5.97 Å². The first kappa shape index (κ1) is 15.3. The predicted molar refractivity (Wildman–Crippen MR) is 90.6 cm³/mol. The van der Waals surface area contributed by atoms with E-state index < -0.39 is 5.97 Å². The second kappa shape index (κ2) is 5.70. The van der Waals surface area contributed by atoms with Crippen LogP contribution in [-0.2, 0) is 11.3 Å². The molecule has 0 aliphatic carbocycles. The smallest absolute Gasteiger partial charge is 0.370 e. The highest BCUT2D eigenvalue weighted by atomic mass is 35.5. The molecule has 2 aromatic heterocycles. The second-order valence-corrected chi connectivity index (χ2v) is 6.82. The number of fused-ring (bicyclic) bond motifs is 2. The molecule has 0 saturated heterocycles. The summed E-state index contributed by atoms with van der Waals surface area (Å²) in [6, 6.07) is 6.84. The van der Waals surface area contributed by atoms with Crippen LogP contribution >= 0.6 is 34.5 Å². The van der Waals surface area contributed by atoms with Crippen LogP contribution in [0.15, 0.2) is 34.6 Å². The third kappa shape index (κ3) is 2.71. The van der Waals surface area contributed by atoms with Gasteiger partial charge in [-0.25, -0.2) is 4.79 Å². The van der Waals surface area contributed by atoms with Gasteiger partial charge in [0.15, 0.2) is 5.75 Å². The highest BCUT2D eigenvalue weighted by molar-refractivity contribution is 7.18. The number of benzene rings is 1. The average Bonchev–Trinajstić information content (AvgIpc) is 3.13. The number of nitrogens with zero attached hydrogens (tertiary/aromatic N) is 1. The van der Waals surface area contributed by atoms with Gasteiger partial charge in [-0.05, 0) is 41.1 Å². The lowest BCUT2D eigenvalue weighted by Crippen LogP contribution is -2.39. The maximum absolute atomic E-state index is 11.2. The number of ether oxygens (including phenoxy) is 1. The highest BCUT2D eigenvalue weighted by Crippen LogP contribution is 2.36. The van der Waals surface area contributed by atoms with Crippen LogP contribution in [0.4, 0.5) is 5.69 Å². The Labute approximate surface area is 149 Å². The van der Waals surface area contributed by atoms with Crippen molar-refractivity contribution in [2.75, 3.05) is 5.32 Å². The molecule has 2 N–H and O–H groups in total. The molecule has 0 atom stereocenters. The van der Waals surface area contributed by atoms with Crippen molar-refractivity contribution in [1.82, 2.24) is 0 Å². The van der Waals surface area contributed by atoms with E-state index in [0.717, 1.165) is 5.69 Å². The van der Waals surface area contributed by atoms with Crippen molar-refractivity contribution in [1.29, 1.82) is 0 Å². The Morgan fingerprint density at radius 3 is 3.00 bits per heavy atom. The third-order valence-electron chi connectivity index (χ3n) is 3.37. The zero-order valence-electron chi connectivity index (χ0n) is 11.9. The first-order valence-corrected chi connectivity index (χ1v) is 8.36. The summed E-state index contributed by atoms with van der Waals surface area (Å²) in [7, 11) is 0. The summed E-state index contributed by atoms with van der Waals surface area (Å²) in [5.41, 5.74) is 1.37. The van der Waals surface area contributed by atoms with Gasteiger partial charge in [0, 0.05) is 5.02 Å². The van der Waals surface area contributed by atoms with E-state index in [2.05, 4.69) is 5.32 Å². The molecule has 6 nitrogen and oxygen atoms in total. The molecule has 1 aliphatic rings. The molecule has 0 amide bonds. The van der Waals surface area contributed by atoms with E-state index in [-0.39, 0.29) is 11.8 Å². The summed E-state index contributed by atoms with van der Waals surface area (Å²) in [5, 5.41) is 13.7. The Bertz CT molecular complexity index is 1010. The van der Waals surface area contributed by atoms with Gasteiger partial charge in [0.05, 0.1) is 17.8 Å². The normalized spacial score (nSPS) is 14.7. The summed E-state index contributed by atoms with van der Waals surface area (Å²) in [4.78, 5) is 11.7. The zero-order chi connectivity index (χ0) is 16.8. The first-order chi connectivity index (χ1) is 11.5. The minimum Gasteiger partial charge on any atom is -0.477 e. The number of carboxylic acids is 1. The van der Waals surface area contributed by atoms with E-state index in [4.69, 9.17) is 37.5 Å². The molecule has 0 spiro atoms. The summed E-state index contributed by atoms with van der Waals surface area (Å²) in [6.45, 7) is -0.215. The molecule has 1 aromatic carbocycles. The Morgan fingerprint density at radius 2 is 2.21 bits per heavy atom. The minimum absolute atomic E-state index is 0.215. The number of carboxylic acid groups (broad SMARTS) is 1. The number of furan rings is 1. The molecule has 0 bridgehead atoms. The van der Waals surface area contributed by atoms with Crippen LogP contribution in [0.3, 0.4) is 0 Å². The van der Waals surface area contributed by atoms with Gasteiger partial charge in [-0.3, -0.25) is 0 Å². The molecule has 9 heteroatoms.